The molecule has 1 aromatic heterocycles. The second-order valence-electron chi connectivity index (χ2n) is 7.71. The Labute approximate surface area is 189 Å². The Morgan fingerprint density at radius 1 is 1.27 bits per heavy atom. The second kappa shape index (κ2) is 8.67. The molecule has 1 aliphatic heterocycles. The normalized spacial score (nSPS) is 15.2. The van der Waals surface area contributed by atoms with E-state index in [1.54, 1.807) is 51.2 Å². The predicted molar refractivity (Wildman–Crippen MR) is 120 cm³/mol. The average molecular weight is 445 g/mol. The molecular formula is C24H20FN5O3. The smallest absolute Gasteiger partial charge is 0.289 e. The number of hydrogen-bond acceptors (Lipinski definition) is 5. The van der Waals surface area contributed by atoms with E-state index in [1.807, 2.05) is 0 Å². The summed E-state index contributed by atoms with van der Waals surface area (Å²) in [7, 11) is 1.56. The summed E-state index contributed by atoms with van der Waals surface area (Å²) >= 11 is 0. The van der Waals surface area contributed by atoms with Crippen molar-refractivity contribution in [2.75, 3.05) is 18.6 Å². The van der Waals surface area contributed by atoms with Crippen LogP contribution in [0.5, 0.6) is 5.75 Å². The molecular weight excluding hydrogens is 425 g/mol. The molecule has 2 amide bonds. The topological polar surface area (TPSA) is 88.8 Å². The number of nitrogens with zero attached hydrogens (tertiary/aromatic N) is 4. The zero-order valence-corrected chi connectivity index (χ0v) is 18.2. The maximum atomic E-state index is 14.5. The summed E-state index contributed by atoms with van der Waals surface area (Å²) in [4.78, 5) is 38.9. The highest BCUT2D eigenvalue weighted by Crippen LogP contribution is 2.34. The van der Waals surface area contributed by atoms with E-state index in [0.29, 0.717) is 28.4 Å². The molecule has 0 unspecified atom stereocenters. The third-order valence-electron chi connectivity index (χ3n) is 5.33. The molecule has 0 aliphatic carbocycles. The van der Waals surface area contributed by atoms with Crippen LogP contribution in [0.4, 0.5) is 15.8 Å². The van der Waals surface area contributed by atoms with Crippen molar-refractivity contribution in [3.63, 3.8) is 0 Å². The highest BCUT2D eigenvalue weighted by atomic mass is 19.1. The van der Waals surface area contributed by atoms with Crippen LogP contribution in [0, 0.1) is 26.2 Å². The van der Waals surface area contributed by atoms with Gasteiger partial charge >= 0.3 is 0 Å². The minimum absolute atomic E-state index is 0.130. The fourth-order valence-electron chi connectivity index (χ4n) is 3.52. The third-order valence-corrected chi connectivity index (χ3v) is 5.33. The molecule has 0 bridgehead atoms. The van der Waals surface area contributed by atoms with Crippen LogP contribution < -0.4 is 15.0 Å². The van der Waals surface area contributed by atoms with E-state index >= 15 is 0 Å². The number of aromatic nitrogens is 2. The Bertz CT molecular complexity index is 1320. The van der Waals surface area contributed by atoms with Crippen LogP contribution in [-0.2, 0) is 4.79 Å². The van der Waals surface area contributed by atoms with Crippen LogP contribution in [0.15, 0.2) is 42.6 Å². The number of aryl methyl sites for hydroxylation is 2. The minimum Gasteiger partial charge on any atom is -0.490 e. The van der Waals surface area contributed by atoms with E-state index in [9.17, 15) is 14.0 Å². The first-order valence-corrected chi connectivity index (χ1v) is 10.1. The quantitative estimate of drug-likeness (QED) is 0.623. The van der Waals surface area contributed by atoms with Crippen LogP contribution in [0.3, 0.4) is 0 Å². The lowest BCUT2D eigenvalue weighted by molar-refractivity contribution is -0.120. The molecule has 2 aromatic carbocycles. The summed E-state index contributed by atoms with van der Waals surface area (Å²) in [5.74, 6) is -1.35. The van der Waals surface area contributed by atoms with E-state index in [4.69, 9.17) is 11.3 Å². The summed E-state index contributed by atoms with van der Waals surface area (Å²) in [6.45, 7) is 10.5. The van der Waals surface area contributed by atoms with E-state index in [-0.39, 0.29) is 18.0 Å². The molecule has 1 atom stereocenters. The number of amides is 2. The fraction of sp³-hybridized carbons (Fsp3) is 0.208. The lowest BCUT2D eigenvalue weighted by atomic mass is 10.1. The van der Waals surface area contributed by atoms with E-state index in [2.05, 4.69) is 20.1 Å². The standard InChI is InChI=1S/C24H20FN5O3/c1-13-5-7-16(17(25)9-13)21-14(2)11-27-22(29-21)23(31)28-18-12-33-20-10-15(26-3)6-8-19(20)30(4)24(18)32/h5-11,18H,12H2,1-2,4H3,(H,28,31)/t18-/m0/s1. The van der Waals surface area contributed by atoms with E-state index in [0.717, 1.165) is 5.56 Å². The van der Waals surface area contributed by atoms with Gasteiger partial charge in [-0.1, -0.05) is 12.1 Å². The Morgan fingerprint density at radius 3 is 2.79 bits per heavy atom. The summed E-state index contributed by atoms with van der Waals surface area (Å²) in [6.07, 6.45) is 1.44. The van der Waals surface area contributed by atoms with Crippen molar-refractivity contribution in [2.24, 2.45) is 0 Å². The van der Waals surface area contributed by atoms with Crippen molar-refractivity contribution in [1.29, 1.82) is 0 Å². The van der Waals surface area contributed by atoms with Crippen molar-refractivity contribution >= 4 is 23.2 Å². The number of anilines is 1. The summed E-state index contributed by atoms with van der Waals surface area (Å²) in [5.41, 5.74) is 2.80. The van der Waals surface area contributed by atoms with Gasteiger partial charge in [0.05, 0.1) is 18.0 Å². The lowest BCUT2D eigenvalue weighted by Gasteiger charge is -2.20. The van der Waals surface area contributed by atoms with Gasteiger partial charge in [0.2, 0.25) is 5.82 Å². The number of carbonyl (C=O) groups excluding carboxylic acids is 2. The maximum absolute atomic E-state index is 14.5. The SMILES string of the molecule is [C-]#[N+]c1ccc2c(c1)OC[C@H](NC(=O)c1ncc(C)c(-c3ccc(C)cc3F)n1)C(=O)N2C. The van der Waals surface area contributed by atoms with Crippen LogP contribution in [0.1, 0.15) is 21.7 Å². The van der Waals surface area contributed by atoms with Gasteiger partial charge in [0.25, 0.3) is 11.8 Å². The van der Waals surface area contributed by atoms with Gasteiger partial charge in [-0.15, -0.1) is 0 Å². The molecule has 1 N–H and O–H groups in total. The fourth-order valence-corrected chi connectivity index (χ4v) is 3.52. The third kappa shape index (κ3) is 4.23. The monoisotopic (exact) mass is 445 g/mol. The van der Waals surface area contributed by atoms with Crippen LogP contribution in [-0.4, -0.2) is 41.5 Å². The molecule has 0 saturated carbocycles. The highest BCUT2D eigenvalue weighted by molar-refractivity contribution is 6.02. The van der Waals surface area contributed by atoms with E-state index < -0.39 is 23.7 Å². The number of nitrogens with one attached hydrogen (secondary N) is 1. The number of ether oxygens (including phenoxy) is 1. The molecule has 0 spiro atoms. The van der Waals surface area contributed by atoms with Crippen LogP contribution >= 0.6 is 0 Å². The minimum atomic E-state index is -1.00. The van der Waals surface area contributed by atoms with E-state index in [1.165, 1.54) is 17.2 Å². The Morgan fingerprint density at radius 2 is 2.06 bits per heavy atom. The number of fused-ring (bicyclic) bond motifs is 1. The van der Waals surface area contributed by atoms with Crippen molar-refractivity contribution in [1.82, 2.24) is 15.3 Å². The molecule has 2 heterocycles. The van der Waals surface area contributed by atoms with Crippen molar-refractivity contribution in [2.45, 2.75) is 19.9 Å². The van der Waals surface area contributed by atoms with Gasteiger partial charge in [-0.2, -0.15) is 0 Å². The maximum Gasteiger partial charge on any atom is 0.289 e. The molecule has 1 aliphatic rings. The summed E-state index contributed by atoms with van der Waals surface area (Å²) in [6, 6.07) is 8.51. The van der Waals surface area contributed by atoms with Crippen molar-refractivity contribution in [3.8, 4) is 17.0 Å². The van der Waals surface area contributed by atoms with Gasteiger partial charge in [-0.25, -0.2) is 19.2 Å². The molecule has 33 heavy (non-hydrogen) atoms. The number of hydrogen-bond donors (Lipinski definition) is 1. The van der Waals surface area contributed by atoms with Crippen LogP contribution in [0.25, 0.3) is 16.1 Å². The molecule has 8 nitrogen and oxygen atoms in total. The molecule has 9 heteroatoms. The number of benzene rings is 2. The predicted octanol–water partition coefficient (Wildman–Crippen LogP) is 3.60. The van der Waals surface area contributed by atoms with Gasteiger partial charge in [0.15, 0.2) is 5.69 Å². The summed E-state index contributed by atoms with van der Waals surface area (Å²) in [5, 5.41) is 2.61. The highest BCUT2D eigenvalue weighted by Gasteiger charge is 2.31. The molecule has 0 fully saturated rings. The Hall–Kier alpha value is -4.32. The molecule has 166 valence electrons. The average Bonchev–Trinajstić information content (AvgIpc) is 2.91. The first kappa shape index (κ1) is 21.9. The molecule has 0 radical (unpaired) electrons. The largest absolute Gasteiger partial charge is 0.490 e. The van der Waals surface area contributed by atoms with Gasteiger partial charge < -0.3 is 15.0 Å². The number of rotatable bonds is 3. The second-order valence-corrected chi connectivity index (χ2v) is 7.71. The molecule has 3 aromatic rings. The number of carbonyl (C=O) groups is 2. The first-order valence-electron chi connectivity index (χ1n) is 10.1. The summed E-state index contributed by atoms with van der Waals surface area (Å²) < 4.78 is 20.2. The van der Waals surface area contributed by atoms with Crippen molar-refractivity contribution < 1.29 is 18.7 Å². The van der Waals surface area contributed by atoms with Gasteiger partial charge in [-0.3, -0.25) is 9.59 Å². The molecule has 4 rings (SSSR count). The Balaban J connectivity index is 1.58. The zero-order valence-electron chi connectivity index (χ0n) is 18.2. The Kier molecular flexibility index (Phi) is 5.75. The zero-order chi connectivity index (χ0) is 23.7. The lowest BCUT2D eigenvalue weighted by Crippen LogP contribution is -2.49. The first-order chi connectivity index (χ1) is 15.8. The van der Waals surface area contributed by atoms with Gasteiger partial charge in [0, 0.05) is 18.8 Å². The van der Waals surface area contributed by atoms with Gasteiger partial charge in [-0.05, 0) is 49.2 Å². The number of likely N-dealkylation sites (N-methyl/N-ethyl adjacent to an activating group) is 1. The van der Waals surface area contributed by atoms with Gasteiger partial charge in [0.1, 0.15) is 24.2 Å². The molecule has 0 saturated heterocycles. The number of halogens is 1. The van der Waals surface area contributed by atoms with Crippen LogP contribution in [0.2, 0.25) is 0 Å². The van der Waals surface area contributed by atoms with Crippen molar-refractivity contribution in [3.05, 3.63) is 76.8 Å².